The van der Waals surface area contributed by atoms with Crippen LogP contribution in [0.1, 0.15) is 0 Å². The zero-order valence-electron chi connectivity index (χ0n) is 12.9. The van der Waals surface area contributed by atoms with Crippen molar-refractivity contribution in [3.8, 4) is 0 Å². The van der Waals surface area contributed by atoms with Gasteiger partial charge in [-0.25, -0.2) is 8.42 Å². The van der Waals surface area contributed by atoms with Crippen LogP contribution in [0.15, 0.2) is 35.2 Å². The third kappa shape index (κ3) is 5.45. The summed E-state index contributed by atoms with van der Waals surface area (Å²) in [5.74, 6) is -1.48. The van der Waals surface area contributed by atoms with Gasteiger partial charge in [0.1, 0.15) is 6.54 Å². The zero-order chi connectivity index (χ0) is 16.9. The van der Waals surface area contributed by atoms with E-state index in [0.717, 1.165) is 0 Å². The Morgan fingerprint density at radius 3 is 2.21 bits per heavy atom. The molecule has 0 spiro atoms. The van der Waals surface area contributed by atoms with E-state index >= 15 is 0 Å². The molecule has 10 heteroatoms. The molecule has 1 aliphatic heterocycles. The molecule has 0 atom stereocenters. The number of nitrogens with one attached hydrogen (secondary N) is 1. The minimum absolute atomic E-state index is 0. The number of nitrogens with zero attached hydrogens (tertiary/aromatic N) is 2. The maximum absolute atomic E-state index is 12.5. The number of amides is 1. The maximum atomic E-state index is 12.5. The third-order valence-corrected chi connectivity index (χ3v) is 5.43. The van der Waals surface area contributed by atoms with Gasteiger partial charge in [-0.3, -0.25) is 14.5 Å². The van der Waals surface area contributed by atoms with Crippen LogP contribution in [0.3, 0.4) is 0 Å². The maximum Gasteiger partial charge on any atom is 0.322 e. The molecule has 1 aromatic carbocycles. The lowest BCUT2D eigenvalue weighted by Gasteiger charge is -2.33. The molecule has 1 aromatic rings. The van der Waals surface area contributed by atoms with Crippen LogP contribution in [0, 0.1) is 0 Å². The van der Waals surface area contributed by atoms with Crippen molar-refractivity contribution in [2.75, 3.05) is 39.3 Å². The van der Waals surface area contributed by atoms with E-state index in [1.807, 2.05) is 0 Å². The first-order valence-electron chi connectivity index (χ1n) is 7.15. The topological polar surface area (TPSA) is 107 Å². The second-order valence-electron chi connectivity index (χ2n) is 5.16. The Morgan fingerprint density at radius 1 is 1.08 bits per heavy atom. The first-order chi connectivity index (χ1) is 10.9. The normalized spacial score (nSPS) is 16.2. The molecule has 0 bridgehead atoms. The quantitative estimate of drug-likeness (QED) is 0.699. The van der Waals surface area contributed by atoms with E-state index in [1.54, 1.807) is 35.2 Å². The van der Waals surface area contributed by atoms with Crippen molar-refractivity contribution in [2.24, 2.45) is 0 Å². The first kappa shape index (κ1) is 20.4. The molecular formula is C14H20ClN3O5S. The predicted molar refractivity (Wildman–Crippen MR) is 89.5 cm³/mol. The van der Waals surface area contributed by atoms with Crippen LogP contribution in [0.25, 0.3) is 0 Å². The van der Waals surface area contributed by atoms with Gasteiger partial charge < -0.3 is 10.4 Å². The van der Waals surface area contributed by atoms with Crippen LogP contribution in [0.2, 0.25) is 0 Å². The monoisotopic (exact) mass is 377 g/mol. The van der Waals surface area contributed by atoms with E-state index in [4.69, 9.17) is 5.11 Å². The van der Waals surface area contributed by atoms with Gasteiger partial charge in [-0.1, -0.05) is 18.2 Å². The van der Waals surface area contributed by atoms with E-state index in [0.29, 0.717) is 26.2 Å². The molecule has 2 N–H and O–H groups in total. The van der Waals surface area contributed by atoms with Gasteiger partial charge in [-0.05, 0) is 12.1 Å². The second-order valence-corrected chi connectivity index (χ2v) is 7.10. The van der Waals surface area contributed by atoms with E-state index < -0.39 is 22.5 Å². The lowest BCUT2D eigenvalue weighted by molar-refractivity contribution is -0.138. The summed E-state index contributed by atoms with van der Waals surface area (Å²) in [6.45, 7) is 1.08. The number of hydrogen-bond acceptors (Lipinski definition) is 5. The highest BCUT2D eigenvalue weighted by molar-refractivity contribution is 7.89. The SMILES string of the molecule is Cl.O=C(O)CNC(=O)CN1CCN(S(=O)(=O)c2ccccc2)CC1. The number of carbonyl (C=O) groups excluding carboxylic acids is 1. The highest BCUT2D eigenvalue weighted by Gasteiger charge is 2.28. The number of carboxylic acids is 1. The van der Waals surface area contributed by atoms with E-state index in [2.05, 4.69) is 5.32 Å². The van der Waals surface area contributed by atoms with E-state index in [1.165, 1.54) is 4.31 Å². The van der Waals surface area contributed by atoms with Crippen LogP contribution >= 0.6 is 12.4 Å². The minimum Gasteiger partial charge on any atom is -0.480 e. The van der Waals surface area contributed by atoms with Crippen LogP contribution in [-0.2, 0) is 19.6 Å². The van der Waals surface area contributed by atoms with Gasteiger partial charge in [0.05, 0.1) is 11.4 Å². The molecule has 1 heterocycles. The highest BCUT2D eigenvalue weighted by Crippen LogP contribution is 2.16. The zero-order valence-corrected chi connectivity index (χ0v) is 14.6. The summed E-state index contributed by atoms with van der Waals surface area (Å²) in [6.07, 6.45) is 0. The Hall–Kier alpha value is -1.68. The van der Waals surface area contributed by atoms with Gasteiger partial charge in [-0.15, -0.1) is 12.4 Å². The Bertz CT molecular complexity index is 660. The summed E-state index contributed by atoms with van der Waals surface area (Å²) in [5, 5.41) is 10.8. The number of halogens is 1. The molecule has 8 nitrogen and oxygen atoms in total. The van der Waals surface area contributed by atoms with Crippen LogP contribution in [0.5, 0.6) is 0 Å². The average molecular weight is 378 g/mol. The Kier molecular flexibility index (Phi) is 7.61. The Labute approximate surface area is 146 Å². The lowest BCUT2D eigenvalue weighted by atomic mass is 10.3. The number of carbonyl (C=O) groups is 2. The summed E-state index contributed by atoms with van der Waals surface area (Å²) < 4.78 is 26.3. The smallest absolute Gasteiger partial charge is 0.322 e. The lowest BCUT2D eigenvalue weighted by Crippen LogP contribution is -2.51. The van der Waals surface area contributed by atoms with Crippen molar-refractivity contribution in [3.05, 3.63) is 30.3 Å². The molecule has 0 aliphatic carbocycles. The fraction of sp³-hybridized carbons (Fsp3) is 0.429. The number of benzene rings is 1. The standard InChI is InChI=1S/C14H19N3O5S.ClH/c18-13(15-10-14(19)20)11-16-6-8-17(9-7-16)23(21,22)12-4-2-1-3-5-12;/h1-5H,6-11H2,(H,15,18)(H,19,20);1H. The number of piperazine rings is 1. The third-order valence-electron chi connectivity index (χ3n) is 3.52. The number of hydrogen-bond donors (Lipinski definition) is 2. The second kappa shape index (κ2) is 8.97. The Balaban J connectivity index is 0.00000288. The molecular weight excluding hydrogens is 358 g/mol. The van der Waals surface area contributed by atoms with Gasteiger partial charge in [0.2, 0.25) is 15.9 Å². The number of rotatable bonds is 6. The van der Waals surface area contributed by atoms with Gasteiger partial charge in [0.15, 0.2) is 0 Å². The molecule has 24 heavy (non-hydrogen) atoms. The molecule has 2 rings (SSSR count). The highest BCUT2D eigenvalue weighted by atomic mass is 35.5. The van der Waals surface area contributed by atoms with Crippen molar-refractivity contribution in [2.45, 2.75) is 4.90 Å². The van der Waals surface area contributed by atoms with Gasteiger partial charge in [0, 0.05) is 26.2 Å². The van der Waals surface area contributed by atoms with Gasteiger partial charge in [0.25, 0.3) is 0 Å². The molecule has 0 aromatic heterocycles. The molecule has 134 valence electrons. The fourth-order valence-corrected chi connectivity index (χ4v) is 3.75. The molecule has 0 radical (unpaired) electrons. The first-order valence-corrected chi connectivity index (χ1v) is 8.59. The largest absolute Gasteiger partial charge is 0.480 e. The minimum atomic E-state index is -3.51. The molecule has 0 unspecified atom stereocenters. The van der Waals surface area contributed by atoms with Crippen molar-refractivity contribution in [3.63, 3.8) is 0 Å². The van der Waals surface area contributed by atoms with Crippen LogP contribution in [-0.4, -0.2) is 73.9 Å². The number of aliphatic carboxylic acids is 1. The summed E-state index contributed by atoms with van der Waals surface area (Å²) in [6, 6.07) is 8.22. The molecule has 1 amide bonds. The van der Waals surface area contributed by atoms with E-state index in [9.17, 15) is 18.0 Å². The summed E-state index contributed by atoms with van der Waals surface area (Å²) in [7, 11) is -3.51. The summed E-state index contributed by atoms with van der Waals surface area (Å²) in [5.41, 5.74) is 0. The van der Waals surface area contributed by atoms with Crippen molar-refractivity contribution < 1.29 is 23.1 Å². The van der Waals surface area contributed by atoms with Gasteiger partial charge in [-0.2, -0.15) is 4.31 Å². The number of carboxylic acid groups (broad SMARTS) is 1. The van der Waals surface area contributed by atoms with Crippen molar-refractivity contribution in [1.82, 2.24) is 14.5 Å². The molecule has 1 saturated heterocycles. The van der Waals surface area contributed by atoms with Gasteiger partial charge >= 0.3 is 5.97 Å². The van der Waals surface area contributed by atoms with Crippen LogP contribution < -0.4 is 5.32 Å². The summed E-state index contributed by atoms with van der Waals surface area (Å²) >= 11 is 0. The molecule has 0 saturated carbocycles. The fourth-order valence-electron chi connectivity index (χ4n) is 2.30. The molecule has 1 fully saturated rings. The predicted octanol–water partition coefficient (Wildman–Crippen LogP) is -0.384. The Morgan fingerprint density at radius 2 is 1.67 bits per heavy atom. The van der Waals surface area contributed by atoms with E-state index in [-0.39, 0.29) is 29.8 Å². The molecule has 1 aliphatic rings. The number of sulfonamides is 1. The van der Waals surface area contributed by atoms with Crippen molar-refractivity contribution in [1.29, 1.82) is 0 Å². The van der Waals surface area contributed by atoms with Crippen LogP contribution in [0.4, 0.5) is 0 Å². The summed E-state index contributed by atoms with van der Waals surface area (Å²) in [4.78, 5) is 24.0. The van der Waals surface area contributed by atoms with Crippen molar-refractivity contribution >= 4 is 34.3 Å². The average Bonchev–Trinajstić information content (AvgIpc) is 2.54.